The molecule has 0 saturated carbocycles. The Bertz CT molecular complexity index is 699. The molecule has 1 heterocycles. The van der Waals surface area contributed by atoms with Crippen molar-refractivity contribution in [1.29, 1.82) is 0 Å². The maximum Gasteiger partial charge on any atom is 0.257 e. The number of aliphatic hydroxyl groups is 1. The molecule has 1 aromatic heterocycles. The minimum absolute atomic E-state index is 0.0217. The lowest BCUT2D eigenvalue weighted by Gasteiger charge is -2.07. The lowest BCUT2D eigenvalue weighted by Crippen LogP contribution is -2.13. The van der Waals surface area contributed by atoms with Crippen LogP contribution >= 0.6 is 0 Å². The Labute approximate surface area is 123 Å². The Morgan fingerprint density at radius 1 is 1.33 bits per heavy atom. The largest absolute Gasteiger partial charge is 0.395 e. The molecule has 2 rings (SSSR count). The fourth-order valence-corrected chi connectivity index (χ4v) is 1.76. The van der Waals surface area contributed by atoms with E-state index in [2.05, 4.69) is 22.1 Å². The maximum atomic E-state index is 12.2. The van der Waals surface area contributed by atoms with E-state index in [0.29, 0.717) is 17.5 Å². The van der Waals surface area contributed by atoms with E-state index in [9.17, 15) is 4.79 Å². The van der Waals surface area contributed by atoms with Crippen LogP contribution in [0.5, 0.6) is 0 Å². The summed E-state index contributed by atoms with van der Waals surface area (Å²) in [7, 11) is 0. The van der Waals surface area contributed by atoms with E-state index in [4.69, 9.17) is 5.11 Å². The van der Waals surface area contributed by atoms with E-state index in [0.717, 1.165) is 11.3 Å². The summed E-state index contributed by atoms with van der Waals surface area (Å²) in [4.78, 5) is 16.2. The molecule has 0 bridgehead atoms. The molecule has 0 aliphatic rings. The topological polar surface area (TPSA) is 62.2 Å². The normalized spacial score (nSPS) is 9.62. The molecule has 4 heteroatoms. The van der Waals surface area contributed by atoms with Gasteiger partial charge in [-0.3, -0.25) is 9.78 Å². The number of rotatable bonds is 3. The second-order valence-electron chi connectivity index (χ2n) is 4.51. The summed E-state index contributed by atoms with van der Waals surface area (Å²) in [5.41, 5.74) is 2.88. The number of nitrogens with one attached hydrogen (secondary N) is 1. The van der Waals surface area contributed by atoms with Gasteiger partial charge in [-0.15, -0.1) is 0 Å². The summed E-state index contributed by atoms with van der Waals surface area (Å²) in [5, 5.41) is 11.5. The summed E-state index contributed by atoms with van der Waals surface area (Å²) in [6.07, 6.45) is 3.50. The van der Waals surface area contributed by atoms with Gasteiger partial charge in [0, 0.05) is 30.1 Å². The van der Waals surface area contributed by atoms with Crippen molar-refractivity contribution in [3.63, 3.8) is 0 Å². The van der Waals surface area contributed by atoms with Gasteiger partial charge >= 0.3 is 0 Å². The Morgan fingerprint density at radius 3 is 2.90 bits per heavy atom. The fourth-order valence-electron chi connectivity index (χ4n) is 1.76. The molecule has 1 amide bonds. The molecule has 106 valence electrons. The van der Waals surface area contributed by atoms with Gasteiger partial charge in [-0.25, -0.2) is 0 Å². The number of nitrogens with zero attached hydrogens (tertiary/aromatic N) is 1. The summed E-state index contributed by atoms with van der Waals surface area (Å²) in [5.74, 6) is 5.45. The maximum absolute atomic E-state index is 12.2. The molecule has 21 heavy (non-hydrogen) atoms. The molecule has 0 fully saturated rings. The number of para-hydroxylation sites is 1. The Morgan fingerprint density at radius 2 is 2.14 bits per heavy atom. The summed E-state index contributed by atoms with van der Waals surface area (Å²) >= 11 is 0. The molecule has 0 spiro atoms. The van der Waals surface area contributed by atoms with Crippen molar-refractivity contribution in [1.82, 2.24) is 4.98 Å². The molecule has 0 atom stereocenters. The van der Waals surface area contributed by atoms with Crippen molar-refractivity contribution in [2.24, 2.45) is 0 Å². The van der Waals surface area contributed by atoms with Crippen LogP contribution in [0.4, 0.5) is 5.69 Å². The van der Waals surface area contributed by atoms with E-state index in [1.807, 2.05) is 31.2 Å². The number of hydrogen-bond acceptors (Lipinski definition) is 3. The van der Waals surface area contributed by atoms with E-state index in [1.54, 1.807) is 12.3 Å². The SMILES string of the molecule is Cc1ccccc1NC(=O)c1cncc(C#CCCO)c1. The van der Waals surface area contributed by atoms with E-state index >= 15 is 0 Å². The molecule has 1 aromatic carbocycles. The van der Waals surface area contributed by atoms with Crippen molar-refractivity contribution in [2.45, 2.75) is 13.3 Å². The van der Waals surface area contributed by atoms with Gasteiger partial charge in [0.05, 0.1) is 12.2 Å². The first-order chi connectivity index (χ1) is 10.2. The highest BCUT2D eigenvalue weighted by molar-refractivity contribution is 6.04. The van der Waals surface area contributed by atoms with Gasteiger partial charge in [-0.05, 0) is 24.6 Å². The Hall–Kier alpha value is -2.64. The zero-order chi connectivity index (χ0) is 15.1. The number of aliphatic hydroxyl groups excluding tert-OH is 1. The number of carbonyl (C=O) groups excluding carboxylic acids is 1. The van der Waals surface area contributed by atoms with Crippen LogP contribution in [0.2, 0.25) is 0 Å². The van der Waals surface area contributed by atoms with E-state index in [-0.39, 0.29) is 12.5 Å². The first-order valence-electron chi connectivity index (χ1n) is 6.62. The third kappa shape index (κ3) is 4.16. The Kier molecular flexibility index (Phi) is 5.08. The highest BCUT2D eigenvalue weighted by Gasteiger charge is 2.08. The number of anilines is 1. The molecule has 0 aliphatic carbocycles. The van der Waals surface area contributed by atoms with Crippen molar-refractivity contribution in [3.05, 3.63) is 59.4 Å². The quantitative estimate of drug-likeness (QED) is 0.849. The second-order valence-corrected chi connectivity index (χ2v) is 4.51. The number of hydrogen-bond donors (Lipinski definition) is 2. The molecular formula is C17H16N2O2. The van der Waals surface area contributed by atoms with Crippen LogP contribution in [0, 0.1) is 18.8 Å². The third-order valence-electron chi connectivity index (χ3n) is 2.86. The van der Waals surface area contributed by atoms with Gasteiger partial charge in [-0.1, -0.05) is 30.0 Å². The summed E-state index contributed by atoms with van der Waals surface area (Å²) in [6, 6.07) is 9.27. The number of benzene rings is 1. The molecule has 4 nitrogen and oxygen atoms in total. The number of amides is 1. The van der Waals surface area contributed by atoms with Gasteiger partial charge in [0.1, 0.15) is 0 Å². The average molecular weight is 280 g/mol. The van der Waals surface area contributed by atoms with Gasteiger partial charge in [0.15, 0.2) is 0 Å². The predicted molar refractivity (Wildman–Crippen MR) is 82.0 cm³/mol. The van der Waals surface area contributed by atoms with Gasteiger partial charge in [-0.2, -0.15) is 0 Å². The molecule has 0 radical (unpaired) electrons. The molecule has 2 N–H and O–H groups in total. The predicted octanol–water partition coefficient (Wildman–Crippen LogP) is 2.38. The standard InChI is InChI=1S/C17H16N2O2/c1-13-6-2-3-8-16(13)19-17(21)15-10-14(11-18-12-15)7-4-5-9-20/h2-3,6,8,10-12,20H,5,9H2,1H3,(H,19,21). The van der Waals surface area contributed by atoms with E-state index in [1.165, 1.54) is 6.20 Å². The van der Waals surface area contributed by atoms with Crippen LogP contribution in [0.25, 0.3) is 0 Å². The lowest BCUT2D eigenvalue weighted by molar-refractivity contribution is 0.102. The van der Waals surface area contributed by atoms with Gasteiger partial charge in [0.25, 0.3) is 5.91 Å². The zero-order valence-electron chi connectivity index (χ0n) is 11.8. The first kappa shape index (κ1) is 14.8. The highest BCUT2D eigenvalue weighted by atomic mass is 16.2. The van der Waals surface area contributed by atoms with Gasteiger partial charge in [0.2, 0.25) is 0 Å². The number of pyridine rings is 1. The molecule has 0 aliphatic heterocycles. The average Bonchev–Trinajstić information content (AvgIpc) is 2.50. The second kappa shape index (κ2) is 7.22. The minimum Gasteiger partial charge on any atom is -0.395 e. The van der Waals surface area contributed by atoms with Crippen molar-refractivity contribution in [3.8, 4) is 11.8 Å². The monoisotopic (exact) mass is 280 g/mol. The number of aryl methyl sites for hydroxylation is 1. The van der Waals surface area contributed by atoms with Crippen LogP contribution in [0.1, 0.15) is 27.9 Å². The molecule has 2 aromatic rings. The van der Waals surface area contributed by atoms with Crippen LogP contribution in [0.3, 0.4) is 0 Å². The minimum atomic E-state index is -0.220. The lowest BCUT2D eigenvalue weighted by atomic mass is 10.1. The Balaban J connectivity index is 2.15. The number of carbonyl (C=O) groups is 1. The van der Waals surface area contributed by atoms with Crippen molar-refractivity contribution < 1.29 is 9.90 Å². The molecular weight excluding hydrogens is 264 g/mol. The van der Waals surface area contributed by atoms with Crippen molar-refractivity contribution in [2.75, 3.05) is 11.9 Å². The van der Waals surface area contributed by atoms with Crippen LogP contribution < -0.4 is 5.32 Å². The smallest absolute Gasteiger partial charge is 0.257 e. The zero-order valence-corrected chi connectivity index (χ0v) is 11.8. The fraction of sp³-hybridized carbons (Fsp3) is 0.176. The van der Waals surface area contributed by atoms with Crippen LogP contribution in [-0.2, 0) is 0 Å². The van der Waals surface area contributed by atoms with Crippen molar-refractivity contribution >= 4 is 11.6 Å². The first-order valence-corrected chi connectivity index (χ1v) is 6.62. The van der Waals surface area contributed by atoms with Gasteiger partial charge < -0.3 is 10.4 Å². The molecule has 0 saturated heterocycles. The highest BCUT2D eigenvalue weighted by Crippen LogP contribution is 2.14. The van der Waals surface area contributed by atoms with Crippen LogP contribution in [-0.4, -0.2) is 22.6 Å². The third-order valence-corrected chi connectivity index (χ3v) is 2.86. The number of aromatic nitrogens is 1. The van der Waals surface area contributed by atoms with Crippen LogP contribution in [0.15, 0.2) is 42.7 Å². The molecule has 0 unspecified atom stereocenters. The van der Waals surface area contributed by atoms with E-state index < -0.39 is 0 Å². The summed E-state index contributed by atoms with van der Waals surface area (Å²) < 4.78 is 0. The summed E-state index contributed by atoms with van der Waals surface area (Å²) in [6.45, 7) is 1.96.